The number of hydrogen-bond acceptors (Lipinski definition) is 4. The van der Waals surface area contributed by atoms with E-state index in [1.807, 2.05) is 0 Å². The van der Waals surface area contributed by atoms with Crippen molar-refractivity contribution in [3.05, 3.63) is 11.6 Å². The zero-order chi connectivity index (χ0) is 12.8. The number of carboxylic acid groups (broad SMARTS) is 1. The molecule has 4 N–H and O–H groups in total. The predicted octanol–water partition coefficient (Wildman–Crippen LogP) is -0.733. The molecule has 0 radical (unpaired) electrons. The molecule has 0 aromatic heterocycles. The van der Waals surface area contributed by atoms with E-state index in [-0.39, 0.29) is 5.57 Å². The number of carbonyl (C=O) groups excluding carboxylic acids is 1. The SMILES string of the molecule is CCC(CO)(CO)NC(=O)C=C(C)C(=O)O. The van der Waals surface area contributed by atoms with Crippen molar-refractivity contribution in [3.8, 4) is 0 Å². The Hall–Kier alpha value is -1.40. The van der Waals surface area contributed by atoms with E-state index in [1.54, 1.807) is 6.92 Å². The first-order valence-electron chi connectivity index (χ1n) is 4.86. The van der Waals surface area contributed by atoms with Gasteiger partial charge in [-0.25, -0.2) is 4.79 Å². The Kier molecular flexibility index (Phi) is 5.69. The van der Waals surface area contributed by atoms with Gasteiger partial charge in [-0.05, 0) is 13.3 Å². The van der Waals surface area contributed by atoms with Crippen molar-refractivity contribution in [2.75, 3.05) is 13.2 Å². The molecule has 0 saturated carbocycles. The first kappa shape index (κ1) is 14.6. The highest BCUT2D eigenvalue weighted by Crippen LogP contribution is 2.08. The molecular formula is C10H17NO5. The van der Waals surface area contributed by atoms with E-state index in [2.05, 4.69) is 5.32 Å². The molecule has 0 aliphatic rings. The Bertz CT molecular complexity index is 285. The summed E-state index contributed by atoms with van der Waals surface area (Å²) < 4.78 is 0. The average Bonchev–Trinajstić information content (AvgIpc) is 2.26. The Labute approximate surface area is 93.6 Å². The van der Waals surface area contributed by atoms with E-state index in [9.17, 15) is 9.59 Å². The Morgan fingerprint density at radius 1 is 1.31 bits per heavy atom. The summed E-state index contributed by atoms with van der Waals surface area (Å²) in [5, 5.41) is 29.1. The largest absolute Gasteiger partial charge is 0.478 e. The number of aliphatic carboxylic acids is 1. The van der Waals surface area contributed by atoms with Crippen molar-refractivity contribution >= 4 is 11.9 Å². The summed E-state index contributed by atoms with van der Waals surface area (Å²) in [7, 11) is 0. The van der Waals surface area contributed by atoms with E-state index in [0.717, 1.165) is 6.08 Å². The summed E-state index contributed by atoms with van der Waals surface area (Å²) in [6, 6.07) is 0. The van der Waals surface area contributed by atoms with Crippen molar-refractivity contribution in [3.63, 3.8) is 0 Å². The number of amides is 1. The minimum Gasteiger partial charge on any atom is -0.478 e. The lowest BCUT2D eigenvalue weighted by Gasteiger charge is -2.29. The lowest BCUT2D eigenvalue weighted by Crippen LogP contribution is -2.53. The van der Waals surface area contributed by atoms with Gasteiger partial charge in [-0.1, -0.05) is 6.92 Å². The van der Waals surface area contributed by atoms with Crippen LogP contribution in [0.4, 0.5) is 0 Å². The fourth-order valence-corrected chi connectivity index (χ4v) is 0.997. The zero-order valence-corrected chi connectivity index (χ0v) is 9.36. The molecule has 0 fully saturated rings. The summed E-state index contributed by atoms with van der Waals surface area (Å²) in [4.78, 5) is 21.8. The standard InChI is InChI=1S/C10H17NO5/c1-3-10(5-12,6-13)11-8(14)4-7(2)9(15)16/h4,12-13H,3,5-6H2,1-2H3,(H,11,14)(H,15,16). The second-order valence-corrected chi connectivity index (χ2v) is 3.57. The quantitative estimate of drug-likeness (QED) is 0.451. The predicted molar refractivity (Wildman–Crippen MR) is 56.7 cm³/mol. The van der Waals surface area contributed by atoms with Gasteiger partial charge in [0.15, 0.2) is 0 Å². The molecule has 0 heterocycles. The van der Waals surface area contributed by atoms with Gasteiger partial charge in [-0.3, -0.25) is 4.79 Å². The summed E-state index contributed by atoms with van der Waals surface area (Å²) in [5.74, 6) is -1.84. The highest BCUT2D eigenvalue weighted by Gasteiger charge is 2.27. The van der Waals surface area contributed by atoms with Gasteiger partial charge in [0.1, 0.15) is 0 Å². The van der Waals surface area contributed by atoms with Crippen LogP contribution in [0.5, 0.6) is 0 Å². The molecule has 0 aromatic rings. The Morgan fingerprint density at radius 3 is 2.12 bits per heavy atom. The third-order valence-electron chi connectivity index (χ3n) is 2.36. The van der Waals surface area contributed by atoms with Crippen molar-refractivity contribution in [2.24, 2.45) is 0 Å². The minimum atomic E-state index is -1.19. The van der Waals surface area contributed by atoms with Crippen LogP contribution in [0.15, 0.2) is 11.6 Å². The number of aliphatic hydroxyl groups is 2. The van der Waals surface area contributed by atoms with E-state index >= 15 is 0 Å². The first-order valence-corrected chi connectivity index (χ1v) is 4.86. The number of carbonyl (C=O) groups is 2. The molecule has 0 aliphatic carbocycles. The minimum absolute atomic E-state index is 0.113. The highest BCUT2D eigenvalue weighted by atomic mass is 16.4. The van der Waals surface area contributed by atoms with E-state index in [0.29, 0.717) is 6.42 Å². The van der Waals surface area contributed by atoms with Crippen molar-refractivity contribution in [2.45, 2.75) is 25.8 Å². The Balaban J connectivity index is 4.66. The molecule has 0 atom stereocenters. The number of nitrogens with one attached hydrogen (secondary N) is 1. The number of rotatable bonds is 6. The molecule has 0 bridgehead atoms. The summed E-state index contributed by atoms with van der Waals surface area (Å²) >= 11 is 0. The number of hydrogen-bond donors (Lipinski definition) is 4. The molecule has 0 spiro atoms. The van der Waals surface area contributed by atoms with Gasteiger partial charge >= 0.3 is 5.97 Å². The lowest BCUT2D eigenvalue weighted by atomic mass is 9.98. The molecule has 0 aromatic carbocycles. The number of aliphatic hydroxyl groups excluding tert-OH is 2. The first-order chi connectivity index (χ1) is 7.40. The Morgan fingerprint density at radius 2 is 1.81 bits per heavy atom. The molecule has 0 unspecified atom stereocenters. The molecule has 92 valence electrons. The molecule has 6 nitrogen and oxygen atoms in total. The van der Waals surface area contributed by atoms with Crippen LogP contribution >= 0.6 is 0 Å². The molecule has 0 saturated heterocycles. The molecular weight excluding hydrogens is 214 g/mol. The summed E-state index contributed by atoms with van der Waals surface area (Å²) in [6.07, 6.45) is 1.25. The van der Waals surface area contributed by atoms with E-state index in [1.165, 1.54) is 6.92 Å². The van der Waals surface area contributed by atoms with Crippen molar-refractivity contribution in [1.82, 2.24) is 5.32 Å². The average molecular weight is 231 g/mol. The smallest absolute Gasteiger partial charge is 0.331 e. The van der Waals surface area contributed by atoms with Gasteiger partial charge in [0, 0.05) is 11.6 Å². The molecule has 0 rings (SSSR count). The maximum absolute atomic E-state index is 11.4. The van der Waals surface area contributed by atoms with Gasteiger partial charge in [0.25, 0.3) is 0 Å². The van der Waals surface area contributed by atoms with Crippen LogP contribution in [-0.4, -0.2) is 45.9 Å². The number of carboxylic acids is 1. The molecule has 0 aliphatic heterocycles. The zero-order valence-electron chi connectivity index (χ0n) is 9.36. The van der Waals surface area contributed by atoms with Crippen LogP contribution in [0, 0.1) is 0 Å². The van der Waals surface area contributed by atoms with Crippen LogP contribution in [0.3, 0.4) is 0 Å². The van der Waals surface area contributed by atoms with Crippen LogP contribution in [0.25, 0.3) is 0 Å². The summed E-state index contributed by atoms with van der Waals surface area (Å²) in [5.41, 5.74) is -1.22. The van der Waals surface area contributed by atoms with Crippen molar-refractivity contribution < 1.29 is 24.9 Å². The van der Waals surface area contributed by atoms with Crippen LogP contribution in [0.1, 0.15) is 20.3 Å². The normalized spacial score (nSPS) is 12.4. The van der Waals surface area contributed by atoms with Gasteiger partial charge in [0.2, 0.25) is 5.91 Å². The van der Waals surface area contributed by atoms with E-state index in [4.69, 9.17) is 15.3 Å². The van der Waals surface area contributed by atoms with Gasteiger partial charge < -0.3 is 20.6 Å². The fraction of sp³-hybridized carbons (Fsp3) is 0.600. The van der Waals surface area contributed by atoms with Crippen LogP contribution < -0.4 is 5.32 Å². The third-order valence-corrected chi connectivity index (χ3v) is 2.36. The fourth-order valence-electron chi connectivity index (χ4n) is 0.997. The monoisotopic (exact) mass is 231 g/mol. The summed E-state index contributed by atoms with van der Waals surface area (Å²) in [6.45, 7) is 2.16. The van der Waals surface area contributed by atoms with Crippen LogP contribution in [0.2, 0.25) is 0 Å². The van der Waals surface area contributed by atoms with Crippen LogP contribution in [-0.2, 0) is 9.59 Å². The van der Waals surface area contributed by atoms with Crippen molar-refractivity contribution in [1.29, 1.82) is 0 Å². The molecule has 16 heavy (non-hydrogen) atoms. The topological polar surface area (TPSA) is 107 Å². The second kappa shape index (κ2) is 6.24. The maximum Gasteiger partial charge on any atom is 0.331 e. The molecule has 1 amide bonds. The molecule has 6 heteroatoms. The van der Waals surface area contributed by atoms with Gasteiger partial charge in [-0.2, -0.15) is 0 Å². The van der Waals surface area contributed by atoms with E-state index < -0.39 is 30.6 Å². The maximum atomic E-state index is 11.4. The third kappa shape index (κ3) is 4.00. The highest BCUT2D eigenvalue weighted by molar-refractivity contribution is 5.97. The lowest BCUT2D eigenvalue weighted by molar-refractivity contribution is -0.133. The van der Waals surface area contributed by atoms with Gasteiger partial charge in [0.05, 0.1) is 18.8 Å². The second-order valence-electron chi connectivity index (χ2n) is 3.57. The van der Waals surface area contributed by atoms with Gasteiger partial charge in [-0.15, -0.1) is 0 Å².